The third-order valence-corrected chi connectivity index (χ3v) is 7.10. The summed E-state index contributed by atoms with van der Waals surface area (Å²) in [4.78, 5) is 30.5. The topological polar surface area (TPSA) is 94.8 Å². The van der Waals surface area contributed by atoms with E-state index in [0.29, 0.717) is 50.6 Å². The molecule has 0 bridgehead atoms. The number of carbonyl (C=O) groups excluding carboxylic acids is 1. The zero-order valence-corrected chi connectivity index (χ0v) is 25.3. The highest BCUT2D eigenvalue weighted by atomic mass is 79.9. The fraction of sp³-hybridized carbons (Fsp3) is 0.241. The minimum Gasteiger partial charge on any atom is -0.490 e. The first kappa shape index (κ1) is 29.4. The molecule has 0 unspecified atom stereocenters. The smallest absolute Gasteiger partial charge is 0.282 e. The van der Waals surface area contributed by atoms with Gasteiger partial charge in [0.1, 0.15) is 11.6 Å². The number of benzene rings is 3. The lowest BCUT2D eigenvalue weighted by Crippen LogP contribution is -2.23. The first-order valence-electron chi connectivity index (χ1n) is 12.6. The summed E-state index contributed by atoms with van der Waals surface area (Å²) < 4.78 is 27.3. The van der Waals surface area contributed by atoms with Crippen molar-refractivity contribution < 1.29 is 18.7 Å². The Bertz CT molecular complexity index is 1620. The van der Waals surface area contributed by atoms with Crippen LogP contribution in [0.4, 0.5) is 10.1 Å². The van der Waals surface area contributed by atoms with Gasteiger partial charge in [-0.15, -0.1) is 0 Å². The lowest BCUT2D eigenvalue weighted by atomic mass is 10.1. The van der Waals surface area contributed by atoms with E-state index in [4.69, 9.17) is 14.5 Å². The van der Waals surface area contributed by atoms with Crippen LogP contribution in [0.1, 0.15) is 44.5 Å². The molecule has 0 saturated carbocycles. The molecule has 1 atom stereocenters. The molecule has 1 N–H and O–H groups in total. The molecule has 1 amide bonds. The Morgan fingerprint density at radius 1 is 1.12 bits per heavy atom. The lowest BCUT2D eigenvalue weighted by Gasteiger charge is -2.15. The van der Waals surface area contributed by atoms with Crippen LogP contribution in [0.5, 0.6) is 11.5 Å². The molecule has 0 saturated heterocycles. The molecule has 0 spiro atoms. The zero-order valence-electron chi connectivity index (χ0n) is 22.1. The Balaban J connectivity index is 1.62. The van der Waals surface area contributed by atoms with Crippen LogP contribution in [0.2, 0.25) is 0 Å². The van der Waals surface area contributed by atoms with E-state index in [1.165, 1.54) is 28.9 Å². The van der Waals surface area contributed by atoms with Crippen LogP contribution < -0.4 is 20.3 Å². The van der Waals surface area contributed by atoms with Gasteiger partial charge in [0.15, 0.2) is 18.1 Å². The summed E-state index contributed by atoms with van der Waals surface area (Å²) in [7, 11) is 0. The quantitative estimate of drug-likeness (QED) is 0.185. The lowest BCUT2D eigenvalue weighted by molar-refractivity contribution is -0.118. The summed E-state index contributed by atoms with van der Waals surface area (Å²) in [5.74, 6) is 0.481. The van der Waals surface area contributed by atoms with Crippen LogP contribution in [0.3, 0.4) is 0 Å². The third kappa shape index (κ3) is 6.95. The van der Waals surface area contributed by atoms with Gasteiger partial charge >= 0.3 is 0 Å². The van der Waals surface area contributed by atoms with Crippen LogP contribution in [0.15, 0.2) is 73.4 Å². The summed E-state index contributed by atoms with van der Waals surface area (Å²) in [5, 5.41) is 7.62. The number of hydrogen-bond donors (Lipinski definition) is 1. The van der Waals surface area contributed by atoms with E-state index >= 15 is 0 Å². The Morgan fingerprint density at radius 2 is 1.88 bits per heavy atom. The number of halogens is 3. The van der Waals surface area contributed by atoms with Crippen molar-refractivity contribution in [3.05, 3.63) is 91.1 Å². The molecular formula is C29H27Br2FN4O4. The molecule has 0 aliphatic rings. The molecule has 208 valence electrons. The minimum atomic E-state index is -0.418. The van der Waals surface area contributed by atoms with Gasteiger partial charge in [0.05, 0.1) is 28.2 Å². The van der Waals surface area contributed by atoms with Crippen molar-refractivity contribution in [3.63, 3.8) is 0 Å². The number of anilines is 1. The number of aromatic nitrogens is 2. The predicted molar refractivity (Wildman–Crippen MR) is 161 cm³/mol. The second-order valence-corrected chi connectivity index (χ2v) is 10.7. The van der Waals surface area contributed by atoms with Gasteiger partial charge in [0, 0.05) is 16.1 Å². The first-order valence-corrected chi connectivity index (χ1v) is 14.2. The molecule has 0 radical (unpaired) electrons. The van der Waals surface area contributed by atoms with Crippen molar-refractivity contribution in [1.82, 2.24) is 9.66 Å². The second-order valence-electron chi connectivity index (χ2n) is 8.91. The molecule has 1 aromatic heterocycles. The number of amides is 1. The average Bonchev–Trinajstić information content (AvgIpc) is 2.93. The third-order valence-electron chi connectivity index (χ3n) is 6.02. The molecule has 3 aromatic carbocycles. The Kier molecular flexibility index (Phi) is 9.70. The number of nitrogens with one attached hydrogen (secondary N) is 1. The van der Waals surface area contributed by atoms with Gasteiger partial charge in [0.2, 0.25) is 0 Å². The number of fused-ring (bicyclic) bond motifs is 1. The molecule has 8 nitrogen and oxygen atoms in total. The summed E-state index contributed by atoms with van der Waals surface area (Å²) in [5.41, 5.74) is 1.43. The van der Waals surface area contributed by atoms with Crippen molar-refractivity contribution >= 4 is 60.6 Å². The first-order chi connectivity index (χ1) is 19.2. The van der Waals surface area contributed by atoms with E-state index < -0.39 is 11.7 Å². The molecule has 4 aromatic rings. The Labute approximate surface area is 247 Å². The summed E-state index contributed by atoms with van der Waals surface area (Å²) in [6, 6.07) is 14.3. The van der Waals surface area contributed by atoms with Crippen molar-refractivity contribution in [2.75, 3.05) is 18.5 Å². The van der Waals surface area contributed by atoms with E-state index in [9.17, 15) is 14.0 Å². The van der Waals surface area contributed by atoms with Crippen LogP contribution in [-0.2, 0) is 4.79 Å². The average molecular weight is 674 g/mol. The van der Waals surface area contributed by atoms with Crippen molar-refractivity contribution in [3.8, 4) is 11.5 Å². The molecular weight excluding hydrogens is 647 g/mol. The van der Waals surface area contributed by atoms with Gasteiger partial charge in [-0.05, 0) is 89.4 Å². The maximum Gasteiger partial charge on any atom is 0.282 e. The van der Waals surface area contributed by atoms with Crippen molar-refractivity contribution in [1.29, 1.82) is 0 Å². The largest absolute Gasteiger partial charge is 0.490 e. The van der Waals surface area contributed by atoms with Crippen LogP contribution in [0.25, 0.3) is 10.9 Å². The molecule has 0 fully saturated rings. The summed E-state index contributed by atoms with van der Waals surface area (Å²) in [6.45, 7) is 5.92. The Morgan fingerprint density at radius 3 is 2.58 bits per heavy atom. The maximum atomic E-state index is 13.4. The number of nitrogens with zero attached hydrogens (tertiary/aromatic N) is 3. The van der Waals surface area contributed by atoms with Crippen molar-refractivity contribution in [2.45, 2.75) is 33.1 Å². The number of ether oxygens (including phenoxy) is 2. The molecule has 11 heteroatoms. The number of carbonyl (C=O) groups is 1. The van der Waals surface area contributed by atoms with Crippen molar-refractivity contribution in [2.24, 2.45) is 5.10 Å². The Hall–Kier alpha value is -3.57. The zero-order chi connectivity index (χ0) is 28.8. The van der Waals surface area contributed by atoms with Gasteiger partial charge < -0.3 is 14.8 Å². The van der Waals surface area contributed by atoms with E-state index in [0.717, 1.165) is 10.9 Å². The monoisotopic (exact) mass is 672 g/mol. The molecule has 40 heavy (non-hydrogen) atoms. The highest BCUT2D eigenvalue weighted by Gasteiger charge is 2.17. The normalized spacial score (nSPS) is 12.1. The SMILES string of the molecule is CCOc1cc(C=Nn2c([C@H](C)CC)nc3ccc(Br)cc3c2=O)cc(Br)c1OCC(=O)Nc1ccc(F)cc1. The number of rotatable bonds is 10. The predicted octanol–water partition coefficient (Wildman–Crippen LogP) is 6.87. The standard InChI is InChI=1S/C29H27Br2FN4O4/c1-4-17(3)28-35-24-11-6-19(30)14-22(24)29(38)36(28)33-15-18-12-23(31)27(25(13-18)39-5-2)40-16-26(37)34-21-9-7-20(32)8-10-21/h6-15,17H,4-5,16H2,1-3H3,(H,34,37)/t17-/m1/s1. The fourth-order valence-corrected chi connectivity index (χ4v) is 4.77. The van der Waals surface area contributed by atoms with Crippen LogP contribution in [-0.4, -0.2) is 35.0 Å². The van der Waals surface area contributed by atoms with Gasteiger partial charge in [-0.2, -0.15) is 9.78 Å². The molecule has 0 aliphatic carbocycles. The van der Waals surface area contributed by atoms with Gasteiger partial charge in [-0.25, -0.2) is 9.37 Å². The minimum absolute atomic E-state index is 0.000417. The van der Waals surface area contributed by atoms with E-state index in [1.807, 2.05) is 32.9 Å². The van der Waals surface area contributed by atoms with Gasteiger partial charge in [-0.3, -0.25) is 9.59 Å². The van der Waals surface area contributed by atoms with Crippen LogP contribution in [0, 0.1) is 5.82 Å². The van der Waals surface area contributed by atoms with E-state index in [1.54, 1.807) is 24.4 Å². The maximum absolute atomic E-state index is 13.4. The highest BCUT2D eigenvalue weighted by molar-refractivity contribution is 9.10. The second kappa shape index (κ2) is 13.2. The van der Waals surface area contributed by atoms with Gasteiger partial charge in [0.25, 0.3) is 11.5 Å². The summed E-state index contributed by atoms with van der Waals surface area (Å²) in [6.07, 6.45) is 2.34. The van der Waals surface area contributed by atoms with Gasteiger partial charge in [-0.1, -0.05) is 29.8 Å². The van der Waals surface area contributed by atoms with Crippen LogP contribution >= 0.6 is 31.9 Å². The summed E-state index contributed by atoms with van der Waals surface area (Å²) >= 11 is 6.92. The number of hydrogen-bond acceptors (Lipinski definition) is 6. The van der Waals surface area contributed by atoms with E-state index in [2.05, 4.69) is 42.3 Å². The molecule has 1 heterocycles. The molecule has 4 rings (SSSR count). The highest BCUT2D eigenvalue weighted by Crippen LogP contribution is 2.36. The van der Waals surface area contributed by atoms with E-state index in [-0.39, 0.29) is 18.1 Å². The molecule has 0 aliphatic heterocycles. The fourth-order valence-electron chi connectivity index (χ4n) is 3.84.